The molecule has 0 saturated heterocycles. The van der Waals surface area contributed by atoms with Crippen molar-refractivity contribution in [1.29, 1.82) is 0 Å². The molecule has 0 aromatic heterocycles. The quantitative estimate of drug-likeness (QED) is 0.560. The number of hydrogen-bond acceptors (Lipinski definition) is 1. The molecule has 0 spiro atoms. The molecule has 1 aromatic rings. The number of benzene rings is 1. The van der Waals surface area contributed by atoms with Gasteiger partial charge in [-0.1, -0.05) is 25.4 Å². The van der Waals surface area contributed by atoms with Crippen molar-refractivity contribution in [2.45, 2.75) is 20.3 Å². The van der Waals surface area contributed by atoms with Crippen LogP contribution in [0.25, 0.3) is 0 Å². The summed E-state index contributed by atoms with van der Waals surface area (Å²) in [5.74, 6) is -0.824. The van der Waals surface area contributed by atoms with E-state index in [1.54, 1.807) is 0 Å². The Morgan fingerprint density at radius 2 is 1.83 bits per heavy atom. The largest absolute Gasteiger partial charge is 1.00 e. The molecule has 0 heterocycles. The van der Waals surface area contributed by atoms with Gasteiger partial charge in [0, 0.05) is 6.07 Å². The zero-order valence-corrected chi connectivity index (χ0v) is 13.8. The number of hydrogen-bond donors (Lipinski definition) is 0. The van der Waals surface area contributed by atoms with Gasteiger partial charge < -0.3 is 17.7 Å². The van der Waals surface area contributed by atoms with Gasteiger partial charge in [-0.2, -0.15) is 0 Å². The van der Waals surface area contributed by atoms with Crippen LogP contribution < -0.4 is 61.6 Å². The molecule has 0 aliphatic carbocycles. The molecular weight excluding hydrogens is 274 g/mol. The van der Waals surface area contributed by atoms with Crippen LogP contribution in [0.1, 0.15) is 20.3 Å². The molecule has 0 amide bonds. The second-order valence-corrected chi connectivity index (χ2v) is 4.29. The van der Waals surface area contributed by atoms with Crippen LogP contribution in [-0.2, 0) is 0 Å². The summed E-state index contributed by atoms with van der Waals surface area (Å²) in [5.41, 5.74) is -0.879. The first-order chi connectivity index (χ1) is 7.80. The Bertz CT molecular complexity index is 382. The van der Waals surface area contributed by atoms with E-state index in [-0.39, 0.29) is 58.0 Å². The fraction of sp³-hybridized carbons (Fsp3) is 0.455. The molecular formula is C11H14BF4KO. The monoisotopic (exact) mass is 288 g/mol. The van der Waals surface area contributed by atoms with Gasteiger partial charge in [-0.25, -0.2) is 4.39 Å². The fourth-order valence-electron chi connectivity index (χ4n) is 1.31. The smallest absolute Gasteiger partial charge is 0.496 e. The Labute approximate surface area is 147 Å². The van der Waals surface area contributed by atoms with Gasteiger partial charge >= 0.3 is 58.4 Å². The summed E-state index contributed by atoms with van der Waals surface area (Å²) in [6.45, 7) is -1.15. The van der Waals surface area contributed by atoms with Crippen LogP contribution in [0.5, 0.6) is 5.75 Å². The molecule has 1 aromatic carbocycles. The van der Waals surface area contributed by atoms with E-state index in [0.29, 0.717) is 12.3 Å². The third-order valence-electron chi connectivity index (χ3n) is 2.28. The van der Waals surface area contributed by atoms with Crippen LogP contribution >= 0.6 is 0 Å². The Morgan fingerprint density at radius 1 is 1.22 bits per heavy atom. The van der Waals surface area contributed by atoms with Crippen molar-refractivity contribution in [1.82, 2.24) is 0 Å². The van der Waals surface area contributed by atoms with Gasteiger partial charge in [0.1, 0.15) is 5.82 Å². The van der Waals surface area contributed by atoms with Crippen molar-refractivity contribution in [2.75, 3.05) is 6.61 Å². The van der Waals surface area contributed by atoms with E-state index >= 15 is 0 Å². The fourth-order valence-corrected chi connectivity index (χ4v) is 1.31. The van der Waals surface area contributed by atoms with E-state index in [1.807, 2.05) is 13.8 Å². The summed E-state index contributed by atoms with van der Waals surface area (Å²) in [5, 5.41) is 0. The maximum atomic E-state index is 12.9. The molecule has 0 aliphatic rings. The zero-order valence-electron chi connectivity index (χ0n) is 10.7. The van der Waals surface area contributed by atoms with E-state index in [9.17, 15) is 17.3 Å². The van der Waals surface area contributed by atoms with Gasteiger partial charge in [0.05, 0.1) is 12.4 Å². The molecule has 0 fully saturated rings. The van der Waals surface area contributed by atoms with Crippen molar-refractivity contribution in [3.05, 3.63) is 24.0 Å². The molecule has 96 valence electrons. The van der Waals surface area contributed by atoms with Crippen LogP contribution in [0, 0.1) is 11.7 Å². The van der Waals surface area contributed by atoms with Gasteiger partial charge in [0.25, 0.3) is 0 Å². The van der Waals surface area contributed by atoms with Crippen molar-refractivity contribution in [2.24, 2.45) is 5.92 Å². The summed E-state index contributed by atoms with van der Waals surface area (Å²) < 4.78 is 55.8. The molecule has 7 heteroatoms. The number of halogens is 4. The standard InChI is InChI=1S/C11H14BF4O.K/c1-8(2)5-6-17-11-7-9(13)3-4-10(11)12(14,15)16;/h3-4,7-8H,5-6H2,1-2H3;/q-1;+1. The summed E-state index contributed by atoms with van der Waals surface area (Å²) in [7, 11) is 0. The molecule has 0 unspecified atom stereocenters. The molecule has 1 rings (SSSR count). The van der Waals surface area contributed by atoms with Crippen LogP contribution in [0.15, 0.2) is 18.2 Å². The second kappa shape index (κ2) is 7.89. The van der Waals surface area contributed by atoms with Crippen molar-refractivity contribution >= 4 is 12.4 Å². The van der Waals surface area contributed by atoms with E-state index in [4.69, 9.17) is 4.74 Å². The molecule has 0 atom stereocenters. The van der Waals surface area contributed by atoms with Crippen LogP contribution in [0.2, 0.25) is 0 Å². The van der Waals surface area contributed by atoms with Gasteiger partial charge in [-0.05, 0) is 18.4 Å². The molecule has 18 heavy (non-hydrogen) atoms. The Hall–Kier alpha value is 0.441. The summed E-state index contributed by atoms with van der Waals surface area (Å²) in [6.07, 6.45) is 0.626. The van der Waals surface area contributed by atoms with Crippen LogP contribution in [0.4, 0.5) is 17.3 Å². The first kappa shape index (κ1) is 18.4. The van der Waals surface area contributed by atoms with E-state index in [1.165, 1.54) is 0 Å². The van der Waals surface area contributed by atoms with Gasteiger partial charge in [0.2, 0.25) is 0 Å². The van der Waals surface area contributed by atoms with Crippen molar-refractivity contribution < 1.29 is 73.5 Å². The molecule has 0 bridgehead atoms. The van der Waals surface area contributed by atoms with Crippen LogP contribution in [-0.4, -0.2) is 13.6 Å². The third-order valence-corrected chi connectivity index (χ3v) is 2.28. The zero-order chi connectivity index (χ0) is 13.1. The summed E-state index contributed by atoms with van der Waals surface area (Å²) >= 11 is 0. The average Bonchev–Trinajstić information content (AvgIpc) is 2.15. The molecule has 0 saturated carbocycles. The molecule has 0 N–H and O–H groups in total. The first-order valence-corrected chi connectivity index (χ1v) is 5.43. The van der Waals surface area contributed by atoms with Gasteiger partial charge in [-0.3, -0.25) is 0 Å². The third kappa shape index (κ3) is 6.06. The van der Waals surface area contributed by atoms with E-state index in [2.05, 4.69) is 0 Å². The SMILES string of the molecule is CC(C)CCOc1cc(F)ccc1[B-](F)(F)F.[K+]. The summed E-state index contributed by atoms with van der Waals surface area (Å²) in [4.78, 5) is 0. The minimum Gasteiger partial charge on any atom is -0.496 e. The van der Waals surface area contributed by atoms with Crippen molar-refractivity contribution in [3.8, 4) is 5.75 Å². The minimum atomic E-state index is -5.18. The first-order valence-electron chi connectivity index (χ1n) is 5.43. The predicted octanol–water partition coefficient (Wildman–Crippen LogP) is 0.309. The molecule has 0 radical (unpaired) electrons. The topological polar surface area (TPSA) is 9.23 Å². The van der Waals surface area contributed by atoms with E-state index < -0.39 is 24.0 Å². The second-order valence-electron chi connectivity index (χ2n) is 4.29. The number of ether oxygens (including phenoxy) is 1. The molecule has 1 nitrogen and oxygen atoms in total. The molecule has 0 aliphatic heterocycles. The maximum absolute atomic E-state index is 12.9. The predicted molar refractivity (Wildman–Crippen MR) is 60.1 cm³/mol. The average molecular weight is 288 g/mol. The Kier molecular flexibility index (Phi) is 8.09. The normalized spacial score (nSPS) is 11.3. The van der Waals surface area contributed by atoms with Crippen LogP contribution in [0.3, 0.4) is 0 Å². The Balaban J connectivity index is 0.00000289. The van der Waals surface area contributed by atoms with Crippen molar-refractivity contribution in [3.63, 3.8) is 0 Å². The number of rotatable bonds is 5. The van der Waals surface area contributed by atoms with Gasteiger partial charge in [0.15, 0.2) is 0 Å². The van der Waals surface area contributed by atoms with E-state index in [0.717, 1.165) is 18.2 Å². The maximum Gasteiger partial charge on any atom is 1.00 e. The van der Waals surface area contributed by atoms with Gasteiger partial charge in [-0.15, -0.1) is 0 Å². The summed E-state index contributed by atoms with van der Waals surface area (Å²) in [6, 6.07) is 2.30. The minimum absolute atomic E-state index is 0. The Morgan fingerprint density at radius 3 is 2.33 bits per heavy atom.